The first kappa shape index (κ1) is 9.84. The minimum atomic E-state index is -0.716. The molecule has 1 rings (SSSR count). The Morgan fingerprint density at radius 1 is 1.31 bits per heavy atom. The zero-order chi connectivity index (χ0) is 9.68. The van der Waals surface area contributed by atoms with Gasteiger partial charge in [-0.25, -0.2) is 0 Å². The summed E-state index contributed by atoms with van der Waals surface area (Å²) in [7, 11) is 2.04. The highest BCUT2D eigenvalue weighted by Gasteiger charge is 1.97. The Morgan fingerprint density at radius 2 is 1.92 bits per heavy atom. The summed E-state index contributed by atoms with van der Waals surface area (Å²) in [4.78, 5) is 10.2. The van der Waals surface area contributed by atoms with E-state index in [2.05, 4.69) is 24.3 Å². The molecule has 1 aromatic carbocycles. The summed E-state index contributed by atoms with van der Waals surface area (Å²) in [5, 5.41) is 8.44. The maximum absolute atomic E-state index is 10.2. The van der Waals surface area contributed by atoms with E-state index in [0.29, 0.717) is 0 Å². The molecule has 1 N–H and O–H groups in total. The van der Waals surface area contributed by atoms with Crippen molar-refractivity contribution in [1.29, 1.82) is 0 Å². The van der Waals surface area contributed by atoms with E-state index in [4.69, 9.17) is 5.11 Å². The van der Waals surface area contributed by atoms with Crippen LogP contribution in [0.3, 0.4) is 0 Å². The van der Waals surface area contributed by atoms with E-state index in [9.17, 15) is 4.79 Å². The van der Waals surface area contributed by atoms with Crippen molar-refractivity contribution in [2.45, 2.75) is 19.3 Å². The SMILES string of the molecule is Bc1ccc(CCCC(=O)O)cc1. The Bertz CT molecular complexity index is 279. The van der Waals surface area contributed by atoms with Gasteiger partial charge in [0.05, 0.1) is 0 Å². The van der Waals surface area contributed by atoms with E-state index in [1.54, 1.807) is 0 Å². The van der Waals surface area contributed by atoms with E-state index in [1.165, 1.54) is 11.0 Å². The molecule has 0 saturated heterocycles. The Hall–Kier alpha value is -1.25. The fourth-order valence-corrected chi connectivity index (χ4v) is 1.20. The maximum atomic E-state index is 10.2. The molecule has 0 unspecified atom stereocenters. The van der Waals surface area contributed by atoms with Crippen molar-refractivity contribution < 1.29 is 9.90 Å². The average molecular weight is 176 g/mol. The minimum Gasteiger partial charge on any atom is -0.481 e. The van der Waals surface area contributed by atoms with Crippen LogP contribution in [0.25, 0.3) is 0 Å². The molecule has 0 aliphatic heterocycles. The molecule has 3 heteroatoms. The quantitative estimate of drug-likeness (QED) is 0.672. The third-order valence-electron chi connectivity index (χ3n) is 1.98. The van der Waals surface area contributed by atoms with Crippen LogP contribution in [0, 0.1) is 0 Å². The van der Waals surface area contributed by atoms with Crippen LogP contribution < -0.4 is 5.46 Å². The highest BCUT2D eigenvalue weighted by molar-refractivity contribution is 6.32. The fourth-order valence-electron chi connectivity index (χ4n) is 1.20. The molecule has 1 aromatic rings. The van der Waals surface area contributed by atoms with Crippen molar-refractivity contribution in [3.05, 3.63) is 29.8 Å². The lowest BCUT2D eigenvalue weighted by Gasteiger charge is -1.99. The van der Waals surface area contributed by atoms with Gasteiger partial charge in [0.1, 0.15) is 7.85 Å². The second kappa shape index (κ2) is 4.70. The summed E-state index contributed by atoms with van der Waals surface area (Å²) in [5.74, 6) is -0.716. The maximum Gasteiger partial charge on any atom is 0.303 e. The number of carbonyl (C=O) groups is 1. The predicted octanol–water partition coefficient (Wildman–Crippen LogP) is 0.352. The first-order chi connectivity index (χ1) is 6.18. The third kappa shape index (κ3) is 3.79. The molecule has 0 fully saturated rings. The van der Waals surface area contributed by atoms with Crippen molar-refractivity contribution in [3.63, 3.8) is 0 Å². The summed E-state index contributed by atoms with van der Waals surface area (Å²) < 4.78 is 0. The Kier molecular flexibility index (Phi) is 3.56. The number of aryl methyl sites for hydroxylation is 1. The molecule has 0 amide bonds. The van der Waals surface area contributed by atoms with Gasteiger partial charge in [-0.05, 0) is 18.4 Å². The third-order valence-corrected chi connectivity index (χ3v) is 1.98. The van der Waals surface area contributed by atoms with Gasteiger partial charge in [-0.2, -0.15) is 0 Å². The van der Waals surface area contributed by atoms with Crippen molar-refractivity contribution in [1.82, 2.24) is 0 Å². The highest BCUT2D eigenvalue weighted by Crippen LogP contribution is 2.03. The molecule has 13 heavy (non-hydrogen) atoms. The minimum absolute atomic E-state index is 0.258. The zero-order valence-electron chi connectivity index (χ0n) is 7.79. The molecule has 0 aromatic heterocycles. The van der Waals surface area contributed by atoms with Crippen LogP contribution in [0.4, 0.5) is 0 Å². The van der Waals surface area contributed by atoms with Gasteiger partial charge in [-0.3, -0.25) is 4.79 Å². The fraction of sp³-hybridized carbons (Fsp3) is 0.300. The van der Waals surface area contributed by atoms with E-state index in [1.807, 2.05) is 7.85 Å². The Labute approximate surface area is 79.0 Å². The molecule has 0 saturated carbocycles. The monoisotopic (exact) mass is 176 g/mol. The molecule has 0 aliphatic rings. The first-order valence-electron chi connectivity index (χ1n) is 4.46. The molecule has 0 bridgehead atoms. The smallest absolute Gasteiger partial charge is 0.303 e. The number of hydrogen-bond donors (Lipinski definition) is 1. The molecule has 68 valence electrons. The molecule has 0 aliphatic carbocycles. The molecule has 2 nitrogen and oxygen atoms in total. The summed E-state index contributed by atoms with van der Waals surface area (Å²) in [5.41, 5.74) is 2.45. The van der Waals surface area contributed by atoms with Crippen molar-refractivity contribution in [3.8, 4) is 0 Å². The van der Waals surface area contributed by atoms with Gasteiger partial charge in [-0.15, -0.1) is 0 Å². The topological polar surface area (TPSA) is 37.3 Å². The molecular formula is C10H13BO2. The van der Waals surface area contributed by atoms with Gasteiger partial charge >= 0.3 is 5.97 Å². The molecule has 0 heterocycles. The van der Waals surface area contributed by atoms with Crippen LogP contribution in [0.1, 0.15) is 18.4 Å². The number of rotatable bonds is 4. The van der Waals surface area contributed by atoms with Crippen LogP contribution in [0.15, 0.2) is 24.3 Å². The summed E-state index contributed by atoms with van der Waals surface area (Å²) in [6.07, 6.45) is 1.83. The highest BCUT2D eigenvalue weighted by atomic mass is 16.4. The normalized spacial score (nSPS) is 9.85. The lowest BCUT2D eigenvalue weighted by Crippen LogP contribution is -2.01. The van der Waals surface area contributed by atoms with Crippen LogP contribution >= 0.6 is 0 Å². The zero-order valence-corrected chi connectivity index (χ0v) is 7.79. The van der Waals surface area contributed by atoms with Crippen LogP contribution in [-0.4, -0.2) is 18.9 Å². The van der Waals surface area contributed by atoms with Crippen molar-refractivity contribution in [2.24, 2.45) is 0 Å². The molecule has 0 radical (unpaired) electrons. The second-order valence-electron chi connectivity index (χ2n) is 3.23. The molecular weight excluding hydrogens is 163 g/mol. The average Bonchev–Trinajstić information content (AvgIpc) is 2.08. The van der Waals surface area contributed by atoms with E-state index in [0.717, 1.165) is 12.8 Å². The van der Waals surface area contributed by atoms with Gasteiger partial charge in [-0.1, -0.05) is 29.7 Å². The van der Waals surface area contributed by atoms with Gasteiger partial charge in [0.15, 0.2) is 0 Å². The van der Waals surface area contributed by atoms with Gasteiger partial charge in [0.2, 0.25) is 0 Å². The standard InChI is InChI=1S/C10H13BO2/c11-9-6-4-8(5-7-9)2-1-3-10(12)13/h4-7H,1-3,11H2,(H,12,13). The van der Waals surface area contributed by atoms with Crippen LogP contribution in [-0.2, 0) is 11.2 Å². The first-order valence-corrected chi connectivity index (χ1v) is 4.46. The summed E-state index contributed by atoms with van der Waals surface area (Å²) in [6.45, 7) is 0. The predicted molar refractivity (Wildman–Crippen MR) is 55.2 cm³/mol. The number of carboxylic acid groups (broad SMARTS) is 1. The van der Waals surface area contributed by atoms with Crippen LogP contribution in [0.2, 0.25) is 0 Å². The number of carboxylic acids is 1. The summed E-state index contributed by atoms with van der Waals surface area (Å²) >= 11 is 0. The van der Waals surface area contributed by atoms with Crippen molar-refractivity contribution >= 4 is 19.3 Å². The number of hydrogen-bond acceptors (Lipinski definition) is 1. The lowest BCUT2D eigenvalue weighted by molar-refractivity contribution is -0.137. The van der Waals surface area contributed by atoms with Gasteiger partial charge < -0.3 is 5.11 Å². The van der Waals surface area contributed by atoms with Gasteiger partial charge in [0.25, 0.3) is 0 Å². The number of aliphatic carboxylic acids is 1. The number of benzene rings is 1. The Balaban J connectivity index is 2.37. The van der Waals surface area contributed by atoms with E-state index >= 15 is 0 Å². The van der Waals surface area contributed by atoms with Crippen molar-refractivity contribution in [2.75, 3.05) is 0 Å². The molecule has 0 spiro atoms. The second-order valence-corrected chi connectivity index (χ2v) is 3.23. The van der Waals surface area contributed by atoms with E-state index < -0.39 is 5.97 Å². The Morgan fingerprint density at radius 3 is 2.46 bits per heavy atom. The largest absolute Gasteiger partial charge is 0.481 e. The lowest BCUT2D eigenvalue weighted by atomic mass is 9.94. The van der Waals surface area contributed by atoms with Crippen LogP contribution in [0.5, 0.6) is 0 Å². The molecule has 0 atom stereocenters. The van der Waals surface area contributed by atoms with E-state index in [-0.39, 0.29) is 6.42 Å². The summed E-state index contributed by atoms with van der Waals surface area (Å²) in [6, 6.07) is 8.21. The van der Waals surface area contributed by atoms with Gasteiger partial charge in [0, 0.05) is 6.42 Å².